The zero-order valence-electron chi connectivity index (χ0n) is 14.4. The van der Waals surface area contributed by atoms with E-state index in [-0.39, 0.29) is 18.1 Å². The number of nitrogens with zero attached hydrogens (tertiary/aromatic N) is 3. The van der Waals surface area contributed by atoms with Gasteiger partial charge >= 0.3 is 0 Å². The monoisotopic (exact) mass is 334 g/mol. The molecule has 7 nitrogen and oxygen atoms in total. The van der Waals surface area contributed by atoms with Gasteiger partial charge in [-0.1, -0.05) is 0 Å². The maximum atomic E-state index is 12.4. The Morgan fingerprint density at radius 3 is 2.75 bits per heavy atom. The highest BCUT2D eigenvalue weighted by atomic mass is 16.5. The van der Waals surface area contributed by atoms with Gasteiger partial charge in [-0.3, -0.25) is 4.79 Å². The van der Waals surface area contributed by atoms with E-state index in [0.29, 0.717) is 31.3 Å². The molecule has 1 aliphatic carbocycles. The summed E-state index contributed by atoms with van der Waals surface area (Å²) in [6.07, 6.45) is 6.18. The van der Waals surface area contributed by atoms with Crippen LogP contribution < -0.4 is 5.32 Å². The molecule has 1 aromatic heterocycles. The third kappa shape index (κ3) is 4.72. The SMILES string of the molecule is CN(C)CCO[C@@H]1COCC[C@H]1NC(=O)c1cnc(C2CC2)nc1. The number of carbonyl (C=O) groups excluding carboxylic acids is 1. The number of nitrogens with one attached hydrogen (secondary N) is 1. The molecule has 1 N–H and O–H groups in total. The minimum Gasteiger partial charge on any atom is -0.379 e. The molecule has 1 saturated heterocycles. The van der Waals surface area contributed by atoms with Gasteiger partial charge < -0.3 is 19.7 Å². The molecule has 1 aliphatic heterocycles. The van der Waals surface area contributed by atoms with Gasteiger partial charge in [-0.05, 0) is 33.4 Å². The van der Waals surface area contributed by atoms with Gasteiger partial charge in [0.25, 0.3) is 5.91 Å². The highest BCUT2D eigenvalue weighted by molar-refractivity contribution is 5.93. The number of amides is 1. The second kappa shape index (κ2) is 8.00. The first-order valence-electron chi connectivity index (χ1n) is 8.60. The van der Waals surface area contributed by atoms with E-state index in [4.69, 9.17) is 9.47 Å². The lowest BCUT2D eigenvalue weighted by Gasteiger charge is -2.32. The summed E-state index contributed by atoms with van der Waals surface area (Å²) in [7, 11) is 4.01. The van der Waals surface area contributed by atoms with Crippen LogP contribution in [0.2, 0.25) is 0 Å². The lowest BCUT2D eigenvalue weighted by atomic mass is 10.1. The van der Waals surface area contributed by atoms with Crippen molar-refractivity contribution in [3.8, 4) is 0 Å². The molecule has 132 valence electrons. The first-order valence-corrected chi connectivity index (χ1v) is 8.60. The van der Waals surface area contributed by atoms with Gasteiger partial charge in [-0.2, -0.15) is 0 Å². The van der Waals surface area contributed by atoms with Crippen LogP contribution in [0.1, 0.15) is 41.4 Å². The van der Waals surface area contributed by atoms with E-state index < -0.39 is 0 Å². The number of rotatable bonds is 7. The molecule has 0 bridgehead atoms. The van der Waals surface area contributed by atoms with Crippen molar-refractivity contribution >= 4 is 5.91 Å². The Kier molecular flexibility index (Phi) is 5.76. The Labute approximate surface area is 142 Å². The summed E-state index contributed by atoms with van der Waals surface area (Å²) in [5, 5.41) is 3.05. The second-order valence-electron chi connectivity index (χ2n) is 6.76. The molecule has 2 heterocycles. The molecule has 24 heavy (non-hydrogen) atoms. The van der Waals surface area contributed by atoms with Crippen molar-refractivity contribution in [2.24, 2.45) is 0 Å². The van der Waals surface area contributed by atoms with Gasteiger partial charge in [0.05, 0.1) is 24.8 Å². The minimum absolute atomic E-state index is 0.0449. The average Bonchev–Trinajstić information content (AvgIpc) is 3.41. The zero-order chi connectivity index (χ0) is 16.9. The number of ether oxygens (including phenoxy) is 2. The third-order valence-electron chi connectivity index (χ3n) is 4.37. The summed E-state index contributed by atoms with van der Waals surface area (Å²) in [5.74, 6) is 1.19. The quantitative estimate of drug-likeness (QED) is 0.795. The number of likely N-dealkylation sites (N-methyl/N-ethyl adjacent to an activating group) is 1. The lowest BCUT2D eigenvalue weighted by molar-refractivity contribution is -0.0690. The second-order valence-corrected chi connectivity index (χ2v) is 6.76. The highest BCUT2D eigenvalue weighted by Crippen LogP contribution is 2.37. The van der Waals surface area contributed by atoms with Crippen molar-refractivity contribution in [1.82, 2.24) is 20.2 Å². The van der Waals surface area contributed by atoms with Gasteiger partial charge in [0.1, 0.15) is 11.9 Å². The normalized spacial score (nSPS) is 24.1. The molecule has 0 unspecified atom stereocenters. The van der Waals surface area contributed by atoms with E-state index in [2.05, 4.69) is 20.2 Å². The first-order chi connectivity index (χ1) is 11.6. The number of aromatic nitrogens is 2. The molecule has 0 aromatic carbocycles. The standard InChI is InChI=1S/C17H26N4O3/c1-21(2)6-8-24-15-11-23-7-5-14(15)20-17(22)13-9-18-16(19-10-13)12-3-4-12/h9-10,12,14-15H,3-8,11H2,1-2H3,(H,20,22)/t14-,15-/m1/s1. The van der Waals surface area contributed by atoms with Crippen LogP contribution in [-0.4, -0.2) is 73.4 Å². The summed E-state index contributed by atoms with van der Waals surface area (Å²) < 4.78 is 11.4. The van der Waals surface area contributed by atoms with E-state index in [9.17, 15) is 4.79 Å². The van der Waals surface area contributed by atoms with Crippen LogP contribution in [0.4, 0.5) is 0 Å². The van der Waals surface area contributed by atoms with Crippen molar-refractivity contribution in [1.29, 1.82) is 0 Å². The van der Waals surface area contributed by atoms with Crippen LogP contribution in [-0.2, 0) is 9.47 Å². The number of hydrogen-bond donors (Lipinski definition) is 1. The van der Waals surface area contributed by atoms with E-state index >= 15 is 0 Å². The summed E-state index contributed by atoms with van der Waals surface area (Å²) in [6, 6.07) is -0.0449. The largest absolute Gasteiger partial charge is 0.379 e. The van der Waals surface area contributed by atoms with Crippen LogP contribution >= 0.6 is 0 Å². The lowest BCUT2D eigenvalue weighted by Crippen LogP contribution is -2.50. The number of carbonyl (C=O) groups is 1. The highest BCUT2D eigenvalue weighted by Gasteiger charge is 2.29. The van der Waals surface area contributed by atoms with Crippen LogP contribution in [0.25, 0.3) is 0 Å². The number of hydrogen-bond acceptors (Lipinski definition) is 6. The van der Waals surface area contributed by atoms with Crippen molar-refractivity contribution in [2.75, 3.05) is 40.5 Å². The summed E-state index contributed by atoms with van der Waals surface area (Å²) in [5.41, 5.74) is 0.498. The zero-order valence-corrected chi connectivity index (χ0v) is 14.4. The first kappa shape index (κ1) is 17.3. The fourth-order valence-corrected chi connectivity index (χ4v) is 2.69. The van der Waals surface area contributed by atoms with Crippen LogP contribution in [0.3, 0.4) is 0 Å². The fourth-order valence-electron chi connectivity index (χ4n) is 2.69. The average molecular weight is 334 g/mol. The van der Waals surface area contributed by atoms with Crippen molar-refractivity contribution < 1.29 is 14.3 Å². The molecule has 3 rings (SSSR count). The summed E-state index contributed by atoms with van der Waals surface area (Å²) in [4.78, 5) is 23.1. The van der Waals surface area contributed by atoms with E-state index in [1.54, 1.807) is 12.4 Å². The predicted molar refractivity (Wildman–Crippen MR) is 89.0 cm³/mol. The van der Waals surface area contributed by atoms with Crippen molar-refractivity contribution in [3.63, 3.8) is 0 Å². The molecular formula is C17H26N4O3. The Morgan fingerprint density at radius 1 is 1.33 bits per heavy atom. The molecule has 1 aromatic rings. The van der Waals surface area contributed by atoms with Gasteiger partial charge in [-0.15, -0.1) is 0 Å². The van der Waals surface area contributed by atoms with Gasteiger partial charge in [0, 0.05) is 31.5 Å². The van der Waals surface area contributed by atoms with Gasteiger partial charge in [-0.25, -0.2) is 9.97 Å². The van der Waals surface area contributed by atoms with Crippen LogP contribution in [0, 0.1) is 0 Å². The molecule has 2 atom stereocenters. The van der Waals surface area contributed by atoms with E-state index in [1.165, 1.54) is 0 Å². The topological polar surface area (TPSA) is 76.6 Å². The molecule has 7 heteroatoms. The van der Waals surface area contributed by atoms with Crippen LogP contribution in [0.15, 0.2) is 12.4 Å². The Bertz CT molecular complexity index is 545. The van der Waals surface area contributed by atoms with Crippen LogP contribution in [0.5, 0.6) is 0 Å². The maximum Gasteiger partial charge on any atom is 0.254 e. The Balaban J connectivity index is 1.54. The molecular weight excluding hydrogens is 308 g/mol. The predicted octanol–water partition coefficient (Wildman–Crippen LogP) is 0.820. The van der Waals surface area contributed by atoms with E-state index in [0.717, 1.165) is 31.6 Å². The molecule has 0 radical (unpaired) electrons. The van der Waals surface area contributed by atoms with Crippen molar-refractivity contribution in [2.45, 2.75) is 37.3 Å². The van der Waals surface area contributed by atoms with Crippen molar-refractivity contribution in [3.05, 3.63) is 23.8 Å². The summed E-state index contributed by atoms with van der Waals surface area (Å²) >= 11 is 0. The molecule has 1 saturated carbocycles. The third-order valence-corrected chi connectivity index (χ3v) is 4.37. The minimum atomic E-state index is -0.148. The molecule has 2 fully saturated rings. The smallest absolute Gasteiger partial charge is 0.254 e. The molecule has 2 aliphatic rings. The summed E-state index contributed by atoms with van der Waals surface area (Å²) in [6.45, 7) is 2.60. The van der Waals surface area contributed by atoms with Gasteiger partial charge in [0.15, 0.2) is 0 Å². The Morgan fingerprint density at radius 2 is 2.08 bits per heavy atom. The Hall–Kier alpha value is -1.57. The van der Waals surface area contributed by atoms with Gasteiger partial charge in [0.2, 0.25) is 0 Å². The maximum absolute atomic E-state index is 12.4. The molecule has 0 spiro atoms. The fraction of sp³-hybridized carbons (Fsp3) is 0.706. The van der Waals surface area contributed by atoms with E-state index in [1.807, 2.05) is 14.1 Å². The molecule has 1 amide bonds.